The van der Waals surface area contributed by atoms with Gasteiger partial charge in [0.15, 0.2) is 6.61 Å². The standard InChI is InChI=1S/C27H27IO5S/c1-3-31-24-11-7-5-9-21(24)20(22-10-6-8-12-25(22)32-4-2)15-16-34-19-13-14-26(23(28)17-19)33-18-27(29)30/h5-15,17H,3-4,16,18H2,1-2H3,(H,29,30). The lowest BCUT2D eigenvalue weighted by molar-refractivity contribution is -0.139. The molecule has 0 aliphatic carbocycles. The van der Waals surface area contributed by atoms with E-state index in [4.69, 9.17) is 19.3 Å². The van der Waals surface area contributed by atoms with Gasteiger partial charge in [-0.15, -0.1) is 11.8 Å². The summed E-state index contributed by atoms with van der Waals surface area (Å²) in [6.45, 7) is 4.78. The molecule has 0 aliphatic heterocycles. The molecule has 34 heavy (non-hydrogen) atoms. The number of para-hydroxylation sites is 2. The van der Waals surface area contributed by atoms with E-state index in [1.165, 1.54) is 0 Å². The van der Waals surface area contributed by atoms with E-state index < -0.39 is 5.97 Å². The second-order valence-electron chi connectivity index (χ2n) is 7.06. The fourth-order valence-electron chi connectivity index (χ4n) is 3.36. The molecule has 0 aliphatic rings. The summed E-state index contributed by atoms with van der Waals surface area (Å²) in [5.41, 5.74) is 3.09. The third kappa shape index (κ3) is 7.17. The maximum absolute atomic E-state index is 10.8. The first-order chi connectivity index (χ1) is 16.5. The Hall–Kier alpha value is -2.65. The third-order valence-corrected chi connectivity index (χ3v) is 6.51. The first kappa shape index (κ1) is 26.0. The maximum Gasteiger partial charge on any atom is 0.341 e. The number of hydrogen-bond acceptors (Lipinski definition) is 5. The van der Waals surface area contributed by atoms with Crippen LogP contribution in [0, 0.1) is 3.57 Å². The monoisotopic (exact) mass is 590 g/mol. The van der Waals surface area contributed by atoms with Gasteiger partial charge in [0.2, 0.25) is 0 Å². The van der Waals surface area contributed by atoms with Crippen molar-refractivity contribution in [2.75, 3.05) is 25.6 Å². The number of thioether (sulfide) groups is 1. The lowest BCUT2D eigenvalue weighted by Crippen LogP contribution is -2.10. The van der Waals surface area contributed by atoms with Gasteiger partial charge in [-0.25, -0.2) is 4.79 Å². The molecule has 0 unspecified atom stereocenters. The average Bonchev–Trinajstić information content (AvgIpc) is 2.83. The fraction of sp³-hybridized carbons (Fsp3) is 0.222. The van der Waals surface area contributed by atoms with Crippen LogP contribution in [-0.4, -0.2) is 36.6 Å². The summed E-state index contributed by atoms with van der Waals surface area (Å²) in [5, 5.41) is 8.83. The highest BCUT2D eigenvalue weighted by Gasteiger charge is 2.15. The Morgan fingerprint density at radius 1 is 0.882 bits per heavy atom. The molecule has 0 aromatic heterocycles. The Kier molecular flexibility index (Phi) is 10.2. The molecule has 0 amide bonds. The molecular weight excluding hydrogens is 563 g/mol. The van der Waals surface area contributed by atoms with E-state index in [0.29, 0.717) is 19.0 Å². The number of benzene rings is 3. The highest BCUT2D eigenvalue weighted by atomic mass is 127. The van der Waals surface area contributed by atoms with Crippen molar-refractivity contribution < 1.29 is 24.1 Å². The summed E-state index contributed by atoms with van der Waals surface area (Å²) >= 11 is 3.85. The van der Waals surface area contributed by atoms with Crippen LogP contribution in [0.5, 0.6) is 17.2 Å². The Morgan fingerprint density at radius 3 is 2.00 bits per heavy atom. The van der Waals surface area contributed by atoms with Gasteiger partial charge in [0.1, 0.15) is 17.2 Å². The highest BCUT2D eigenvalue weighted by molar-refractivity contribution is 14.1. The van der Waals surface area contributed by atoms with Crippen LogP contribution >= 0.6 is 34.4 Å². The summed E-state index contributed by atoms with van der Waals surface area (Å²) in [4.78, 5) is 11.8. The zero-order chi connectivity index (χ0) is 24.3. The lowest BCUT2D eigenvalue weighted by atomic mass is 9.96. The van der Waals surface area contributed by atoms with Gasteiger partial charge in [-0.2, -0.15) is 0 Å². The number of ether oxygens (including phenoxy) is 3. The van der Waals surface area contributed by atoms with E-state index in [1.54, 1.807) is 11.8 Å². The van der Waals surface area contributed by atoms with Gasteiger partial charge in [0.25, 0.3) is 0 Å². The van der Waals surface area contributed by atoms with Gasteiger partial charge >= 0.3 is 5.97 Å². The van der Waals surface area contributed by atoms with E-state index >= 15 is 0 Å². The fourth-order valence-corrected chi connectivity index (χ4v) is 5.05. The normalized spacial score (nSPS) is 10.4. The molecule has 0 bridgehead atoms. The summed E-state index contributed by atoms with van der Waals surface area (Å²) in [5.74, 6) is 1.97. The van der Waals surface area contributed by atoms with Gasteiger partial charge < -0.3 is 19.3 Å². The second kappa shape index (κ2) is 13.3. The van der Waals surface area contributed by atoms with Crippen molar-refractivity contribution in [3.63, 3.8) is 0 Å². The molecule has 3 aromatic rings. The minimum absolute atomic E-state index is 0.354. The Morgan fingerprint density at radius 2 is 1.47 bits per heavy atom. The number of rotatable bonds is 12. The molecule has 0 atom stereocenters. The number of aliphatic carboxylic acids is 1. The molecule has 0 saturated carbocycles. The van der Waals surface area contributed by atoms with E-state index in [2.05, 4.69) is 40.8 Å². The molecule has 0 radical (unpaired) electrons. The number of carboxylic acid groups (broad SMARTS) is 1. The molecule has 3 aromatic carbocycles. The number of carbonyl (C=O) groups is 1. The minimum atomic E-state index is -0.994. The average molecular weight is 590 g/mol. The predicted octanol–water partition coefficient (Wildman–Crippen LogP) is 6.78. The molecule has 0 fully saturated rings. The molecule has 0 spiro atoms. The smallest absolute Gasteiger partial charge is 0.341 e. The molecule has 3 rings (SSSR count). The quantitative estimate of drug-likeness (QED) is 0.186. The van der Waals surface area contributed by atoms with Crippen molar-refractivity contribution >= 4 is 45.9 Å². The topological polar surface area (TPSA) is 65.0 Å². The number of hydrogen-bond donors (Lipinski definition) is 1. The van der Waals surface area contributed by atoms with Gasteiger partial charge in [-0.05, 0) is 72.3 Å². The van der Waals surface area contributed by atoms with Gasteiger partial charge in [-0.3, -0.25) is 0 Å². The van der Waals surface area contributed by atoms with Crippen LogP contribution in [-0.2, 0) is 4.79 Å². The largest absolute Gasteiger partial charge is 0.493 e. The summed E-state index contributed by atoms with van der Waals surface area (Å²) in [6, 6.07) is 21.9. The molecule has 7 heteroatoms. The number of carboxylic acids is 1. The molecule has 0 saturated heterocycles. The summed E-state index contributed by atoms with van der Waals surface area (Å²) < 4.78 is 18.1. The Balaban J connectivity index is 1.90. The first-order valence-corrected chi connectivity index (χ1v) is 13.0. The predicted molar refractivity (Wildman–Crippen MR) is 145 cm³/mol. The van der Waals surface area contributed by atoms with Gasteiger partial charge in [0.05, 0.1) is 16.8 Å². The highest BCUT2D eigenvalue weighted by Crippen LogP contribution is 2.37. The van der Waals surface area contributed by atoms with Crippen LogP contribution in [0.2, 0.25) is 0 Å². The summed E-state index contributed by atoms with van der Waals surface area (Å²) in [7, 11) is 0. The van der Waals surface area contributed by atoms with Crippen LogP contribution in [0.3, 0.4) is 0 Å². The minimum Gasteiger partial charge on any atom is -0.493 e. The van der Waals surface area contributed by atoms with E-state index in [1.807, 2.05) is 68.4 Å². The molecular formula is C27H27IO5S. The van der Waals surface area contributed by atoms with Crippen molar-refractivity contribution in [2.24, 2.45) is 0 Å². The van der Waals surface area contributed by atoms with Crippen molar-refractivity contribution in [3.8, 4) is 17.2 Å². The zero-order valence-electron chi connectivity index (χ0n) is 19.1. The van der Waals surface area contributed by atoms with Crippen LogP contribution < -0.4 is 14.2 Å². The molecule has 178 valence electrons. The van der Waals surface area contributed by atoms with Crippen LogP contribution in [0.15, 0.2) is 77.7 Å². The number of halogens is 1. The summed E-state index contributed by atoms with van der Waals surface area (Å²) in [6.07, 6.45) is 2.20. The van der Waals surface area contributed by atoms with Crippen LogP contribution in [0.1, 0.15) is 25.0 Å². The van der Waals surface area contributed by atoms with Crippen LogP contribution in [0.4, 0.5) is 0 Å². The van der Waals surface area contributed by atoms with E-state index in [-0.39, 0.29) is 6.61 Å². The SMILES string of the molecule is CCOc1ccccc1C(=CCSc1ccc(OCC(=O)O)c(I)c1)c1ccccc1OCC. The van der Waals surface area contributed by atoms with Crippen LogP contribution in [0.25, 0.3) is 5.57 Å². The van der Waals surface area contributed by atoms with Crippen molar-refractivity contribution in [2.45, 2.75) is 18.7 Å². The molecule has 0 heterocycles. The molecule has 5 nitrogen and oxygen atoms in total. The molecule has 1 N–H and O–H groups in total. The third-order valence-electron chi connectivity index (χ3n) is 4.75. The Labute approximate surface area is 218 Å². The Bertz CT molecular complexity index is 1090. The van der Waals surface area contributed by atoms with Gasteiger partial charge in [-0.1, -0.05) is 42.5 Å². The zero-order valence-corrected chi connectivity index (χ0v) is 22.1. The van der Waals surface area contributed by atoms with Gasteiger partial charge in [0, 0.05) is 21.8 Å². The second-order valence-corrected chi connectivity index (χ2v) is 9.32. The van der Waals surface area contributed by atoms with E-state index in [9.17, 15) is 4.79 Å². The van der Waals surface area contributed by atoms with Crippen molar-refractivity contribution in [1.82, 2.24) is 0 Å². The van der Waals surface area contributed by atoms with E-state index in [0.717, 1.165) is 42.4 Å². The van der Waals surface area contributed by atoms with Crippen molar-refractivity contribution in [3.05, 3.63) is 87.5 Å². The maximum atomic E-state index is 10.8. The first-order valence-electron chi connectivity index (χ1n) is 10.9. The lowest BCUT2D eigenvalue weighted by Gasteiger charge is -2.17. The van der Waals surface area contributed by atoms with Crippen molar-refractivity contribution in [1.29, 1.82) is 0 Å².